The lowest BCUT2D eigenvalue weighted by atomic mass is 10.4. The lowest BCUT2D eigenvalue weighted by Gasteiger charge is -2.08. The van der Waals surface area contributed by atoms with Crippen LogP contribution in [0.3, 0.4) is 0 Å². The fourth-order valence-electron chi connectivity index (χ4n) is 1.86. The van der Waals surface area contributed by atoms with Crippen molar-refractivity contribution < 1.29 is 13.5 Å². The first-order valence-corrected chi connectivity index (χ1v) is 7.46. The highest BCUT2D eigenvalue weighted by Gasteiger charge is 2.38. The van der Waals surface area contributed by atoms with Gasteiger partial charge in [-0.05, 0) is 30.4 Å². The predicted octanol–water partition coefficient (Wildman–Crippen LogP) is 1.54. The van der Waals surface area contributed by atoms with Crippen molar-refractivity contribution in [1.29, 1.82) is 0 Å². The summed E-state index contributed by atoms with van der Waals surface area (Å²) < 4.78 is 25.7. The zero-order chi connectivity index (χ0) is 11.3. The Labute approximate surface area is 97.2 Å². The lowest BCUT2D eigenvalue weighted by Crippen LogP contribution is -2.19. The monoisotopic (exact) mass is 257 g/mol. The summed E-state index contributed by atoms with van der Waals surface area (Å²) >= 11 is 1.39. The molecule has 1 saturated carbocycles. The molecular weight excluding hydrogens is 246 g/mol. The van der Waals surface area contributed by atoms with Crippen molar-refractivity contribution in [2.24, 2.45) is 0 Å². The molecule has 86 valence electrons. The molecule has 2 aromatic rings. The molecule has 0 aliphatic heterocycles. The summed E-state index contributed by atoms with van der Waals surface area (Å²) in [6, 6.07) is 3.61. The van der Waals surface area contributed by atoms with Crippen LogP contribution >= 0.6 is 11.3 Å². The van der Waals surface area contributed by atoms with Gasteiger partial charge in [-0.25, -0.2) is 12.4 Å². The molecule has 1 fully saturated rings. The van der Waals surface area contributed by atoms with Gasteiger partial charge in [0.1, 0.15) is 4.83 Å². The van der Waals surface area contributed by atoms with Crippen LogP contribution in [0.25, 0.3) is 10.2 Å². The van der Waals surface area contributed by atoms with Crippen LogP contribution < -0.4 is 0 Å². The number of rotatable bonds is 3. The first kappa shape index (κ1) is 10.3. The van der Waals surface area contributed by atoms with Crippen LogP contribution in [0.4, 0.5) is 0 Å². The minimum Gasteiger partial charge on any atom is -0.390 e. The van der Waals surface area contributed by atoms with Crippen LogP contribution in [-0.4, -0.2) is 22.7 Å². The quantitative estimate of drug-likeness (QED) is 0.907. The Morgan fingerprint density at radius 2 is 2.25 bits per heavy atom. The number of hydrogen-bond acceptors (Lipinski definition) is 4. The molecule has 0 radical (unpaired) electrons. The summed E-state index contributed by atoms with van der Waals surface area (Å²) in [7, 11) is -3.29. The molecule has 1 aliphatic rings. The molecule has 0 aromatic carbocycles. The molecule has 0 atom stereocenters. The third kappa shape index (κ3) is 1.33. The smallest absolute Gasteiger partial charge is 0.242 e. The molecule has 0 bridgehead atoms. The van der Waals surface area contributed by atoms with E-state index >= 15 is 0 Å². The Morgan fingerprint density at radius 1 is 1.50 bits per heavy atom. The maximum atomic E-state index is 12.2. The van der Waals surface area contributed by atoms with Gasteiger partial charge in [0.05, 0.1) is 17.6 Å². The minimum atomic E-state index is -3.29. The van der Waals surface area contributed by atoms with Crippen LogP contribution in [0.2, 0.25) is 0 Å². The number of hydrogen-bond donors (Lipinski definition) is 1. The van der Waals surface area contributed by atoms with E-state index in [-0.39, 0.29) is 11.9 Å². The molecule has 4 nitrogen and oxygen atoms in total. The summed E-state index contributed by atoms with van der Waals surface area (Å²) in [4.78, 5) is 0.718. The van der Waals surface area contributed by atoms with Gasteiger partial charge in [0.2, 0.25) is 10.0 Å². The largest absolute Gasteiger partial charge is 0.390 e. The van der Waals surface area contributed by atoms with Crippen molar-refractivity contribution in [2.45, 2.75) is 24.7 Å². The van der Waals surface area contributed by atoms with Crippen LogP contribution in [-0.2, 0) is 16.6 Å². The number of nitrogens with zero attached hydrogens (tertiary/aromatic N) is 1. The third-order valence-corrected chi connectivity index (χ3v) is 6.07. The van der Waals surface area contributed by atoms with Crippen molar-refractivity contribution in [3.63, 3.8) is 0 Å². The summed E-state index contributed by atoms with van der Waals surface area (Å²) in [5.41, 5.74) is 0.466. The SMILES string of the molecule is O=S(=O)(C1CC1)n1c(CO)cc2ccsc21. The first-order valence-electron chi connectivity index (χ1n) is 5.07. The summed E-state index contributed by atoms with van der Waals surface area (Å²) in [6.45, 7) is -0.243. The fraction of sp³-hybridized carbons (Fsp3) is 0.400. The highest BCUT2D eigenvalue weighted by Crippen LogP contribution is 2.35. The van der Waals surface area contributed by atoms with E-state index in [2.05, 4.69) is 0 Å². The molecule has 16 heavy (non-hydrogen) atoms. The topological polar surface area (TPSA) is 59.3 Å². The summed E-state index contributed by atoms with van der Waals surface area (Å²) in [6.07, 6.45) is 1.47. The van der Waals surface area contributed by atoms with Gasteiger partial charge in [-0.3, -0.25) is 0 Å². The minimum absolute atomic E-state index is 0.243. The van der Waals surface area contributed by atoms with Gasteiger partial charge in [0.15, 0.2) is 0 Å². The Morgan fingerprint density at radius 3 is 2.88 bits per heavy atom. The molecule has 1 N–H and O–H groups in total. The molecule has 2 heterocycles. The zero-order valence-electron chi connectivity index (χ0n) is 8.46. The summed E-state index contributed by atoms with van der Waals surface area (Å²) in [5.74, 6) is 0. The van der Waals surface area contributed by atoms with Crippen LogP contribution in [0.1, 0.15) is 18.5 Å². The van der Waals surface area contributed by atoms with E-state index in [9.17, 15) is 13.5 Å². The van der Waals surface area contributed by atoms with Crippen LogP contribution in [0.15, 0.2) is 17.5 Å². The van der Waals surface area contributed by atoms with E-state index in [1.165, 1.54) is 15.3 Å². The van der Waals surface area contributed by atoms with E-state index in [1.54, 1.807) is 6.07 Å². The van der Waals surface area contributed by atoms with Gasteiger partial charge < -0.3 is 5.11 Å². The first-order chi connectivity index (χ1) is 7.64. The van der Waals surface area contributed by atoms with Gasteiger partial charge >= 0.3 is 0 Å². The Hall–Kier alpha value is -0.850. The molecule has 0 amide bonds. The average molecular weight is 257 g/mol. The highest BCUT2D eigenvalue weighted by molar-refractivity contribution is 7.91. The molecule has 0 saturated heterocycles. The van der Waals surface area contributed by atoms with Gasteiger partial charge in [0.25, 0.3) is 0 Å². The molecule has 0 spiro atoms. The highest BCUT2D eigenvalue weighted by atomic mass is 32.2. The molecular formula is C10H11NO3S2. The Bertz CT molecular complexity index is 634. The van der Waals surface area contributed by atoms with E-state index in [0.29, 0.717) is 5.69 Å². The maximum Gasteiger partial charge on any atom is 0.242 e. The van der Waals surface area contributed by atoms with Gasteiger partial charge in [0, 0.05) is 5.39 Å². The van der Waals surface area contributed by atoms with Crippen LogP contribution in [0, 0.1) is 0 Å². The molecule has 1 aliphatic carbocycles. The fourth-order valence-corrected chi connectivity index (χ4v) is 4.92. The third-order valence-electron chi connectivity index (χ3n) is 2.80. The van der Waals surface area contributed by atoms with Crippen molar-refractivity contribution in [3.8, 4) is 0 Å². The van der Waals surface area contributed by atoms with Crippen LogP contribution in [0.5, 0.6) is 0 Å². The molecule has 2 aromatic heterocycles. The molecule has 3 rings (SSSR count). The second kappa shape index (κ2) is 3.32. The van der Waals surface area contributed by atoms with E-state index in [4.69, 9.17) is 0 Å². The van der Waals surface area contributed by atoms with Gasteiger partial charge in [-0.2, -0.15) is 0 Å². The van der Waals surface area contributed by atoms with E-state index in [1.807, 2.05) is 11.4 Å². The Balaban J connectivity index is 2.31. The van der Waals surface area contributed by atoms with Crippen molar-refractivity contribution in [2.75, 3.05) is 0 Å². The molecule has 6 heteroatoms. The maximum absolute atomic E-state index is 12.2. The van der Waals surface area contributed by atoms with Gasteiger partial charge in [-0.1, -0.05) is 0 Å². The number of fused-ring (bicyclic) bond motifs is 1. The number of aliphatic hydroxyl groups excluding tert-OH is 1. The standard InChI is InChI=1S/C10H11NO3S2/c12-6-8-5-7-3-4-15-10(7)11(8)16(13,14)9-1-2-9/h3-5,9,12H,1-2,6H2. The van der Waals surface area contributed by atoms with Gasteiger partial charge in [-0.15, -0.1) is 11.3 Å². The molecule has 0 unspecified atom stereocenters. The second-order valence-electron chi connectivity index (χ2n) is 3.98. The predicted molar refractivity (Wildman–Crippen MR) is 63.1 cm³/mol. The summed E-state index contributed by atoms with van der Waals surface area (Å²) in [5, 5.41) is 11.7. The van der Waals surface area contributed by atoms with E-state index in [0.717, 1.165) is 23.1 Å². The lowest BCUT2D eigenvalue weighted by molar-refractivity contribution is 0.276. The van der Waals surface area contributed by atoms with Crippen molar-refractivity contribution in [3.05, 3.63) is 23.2 Å². The number of aliphatic hydroxyl groups is 1. The Kier molecular flexibility index (Phi) is 2.14. The number of thiophene rings is 1. The number of aromatic nitrogens is 1. The van der Waals surface area contributed by atoms with E-state index < -0.39 is 10.0 Å². The normalized spacial score (nSPS) is 17.1. The second-order valence-corrected chi connectivity index (χ2v) is 6.94. The average Bonchev–Trinajstić information content (AvgIpc) is 2.90. The van der Waals surface area contributed by atoms with Crippen molar-refractivity contribution in [1.82, 2.24) is 3.97 Å². The zero-order valence-corrected chi connectivity index (χ0v) is 10.1. The van der Waals surface area contributed by atoms with Crippen molar-refractivity contribution >= 4 is 31.6 Å².